The monoisotopic (exact) mass is 276 g/mol. The highest BCUT2D eigenvalue weighted by Gasteiger charge is 2.10. The Bertz CT molecular complexity index is 399. The number of nitrogens with one attached hydrogen (secondary N) is 2. The predicted octanol–water partition coefficient (Wildman–Crippen LogP) is 3.15. The van der Waals surface area contributed by atoms with Crippen molar-refractivity contribution in [3.05, 3.63) is 28.2 Å². The summed E-state index contributed by atoms with van der Waals surface area (Å²) in [6.07, 6.45) is -0.783. The second-order valence-electron chi connectivity index (χ2n) is 3.52. The van der Waals surface area contributed by atoms with Crippen molar-refractivity contribution < 1.29 is 9.53 Å². The maximum atomic E-state index is 11.5. The first-order valence-electron chi connectivity index (χ1n) is 5.10. The van der Waals surface area contributed by atoms with Crippen LogP contribution >= 0.6 is 23.2 Å². The lowest BCUT2D eigenvalue weighted by molar-refractivity contribution is 0.121. The Kier molecular flexibility index (Phi) is 5.55. The zero-order valence-electron chi connectivity index (χ0n) is 9.59. The van der Waals surface area contributed by atoms with E-state index in [1.165, 1.54) is 0 Å². The van der Waals surface area contributed by atoms with Crippen molar-refractivity contribution in [3.63, 3.8) is 0 Å². The molecular formula is C11H14Cl2N2O2. The number of carbonyl (C=O) groups is 1. The van der Waals surface area contributed by atoms with Gasteiger partial charge in [0, 0.05) is 11.6 Å². The Hall–Kier alpha value is -0.970. The first-order valence-corrected chi connectivity index (χ1v) is 5.86. The third-order valence-corrected chi connectivity index (χ3v) is 2.53. The first-order chi connectivity index (χ1) is 8.02. The lowest BCUT2D eigenvalue weighted by atomic mass is 10.3. The molecule has 0 heterocycles. The van der Waals surface area contributed by atoms with E-state index < -0.39 is 6.09 Å². The summed E-state index contributed by atoms with van der Waals surface area (Å²) in [6, 6.07) is 4.81. The van der Waals surface area contributed by atoms with Crippen LogP contribution in [0, 0.1) is 0 Å². The standard InChI is InChI=1S/C11H14Cl2N2O2/c1-7(6-14-2)17-11(16)15-10-5-8(12)3-4-9(10)13/h3-5,7,14H,6H2,1-2H3,(H,15,16). The van der Waals surface area contributed by atoms with E-state index in [-0.39, 0.29) is 6.10 Å². The van der Waals surface area contributed by atoms with Crippen LogP contribution in [0.4, 0.5) is 10.5 Å². The molecule has 1 aromatic carbocycles. The molecule has 0 spiro atoms. The Balaban J connectivity index is 2.58. The van der Waals surface area contributed by atoms with Gasteiger partial charge >= 0.3 is 6.09 Å². The maximum absolute atomic E-state index is 11.5. The van der Waals surface area contributed by atoms with E-state index in [0.29, 0.717) is 22.3 Å². The van der Waals surface area contributed by atoms with Gasteiger partial charge in [0.1, 0.15) is 6.10 Å². The summed E-state index contributed by atoms with van der Waals surface area (Å²) in [5.74, 6) is 0. The highest BCUT2D eigenvalue weighted by atomic mass is 35.5. The normalized spacial score (nSPS) is 12.0. The molecule has 0 aliphatic heterocycles. The van der Waals surface area contributed by atoms with Crippen LogP contribution in [0.3, 0.4) is 0 Å². The number of hydrogen-bond acceptors (Lipinski definition) is 3. The van der Waals surface area contributed by atoms with Gasteiger partial charge in [0.25, 0.3) is 0 Å². The molecule has 0 fully saturated rings. The van der Waals surface area contributed by atoms with Gasteiger partial charge in [0.15, 0.2) is 0 Å². The smallest absolute Gasteiger partial charge is 0.411 e. The van der Waals surface area contributed by atoms with Crippen molar-refractivity contribution in [2.45, 2.75) is 13.0 Å². The SMILES string of the molecule is CNCC(C)OC(=O)Nc1cc(Cl)ccc1Cl. The van der Waals surface area contributed by atoms with Crippen LogP contribution in [-0.2, 0) is 4.74 Å². The van der Waals surface area contributed by atoms with Crippen LogP contribution in [-0.4, -0.2) is 25.8 Å². The molecule has 1 atom stereocenters. The minimum absolute atomic E-state index is 0.224. The molecule has 17 heavy (non-hydrogen) atoms. The number of likely N-dealkylation sites (N-methyl/N-ethyl adjacent to an activating group) is 1. The molecule has 0 aliphatic rings. The molecular weight excluding hydrogens is 263 g/mol. The average molecular weight is 277 g/mol. The first kappa shape index (κ1) is 14.1. The summed E-state index contributed by atoms with van der Waals surface area (Å²) < 4.78 is 5.08. The summed E-state index contributed by atoms with van der Waals surface area (Å²) in [6.45, 7) is 2.37. The highest BCUT2D eigenvalue weighted by Crippen LogP contribution is 2.25. The summed E-state index contributed by atoms with van der Waals surface area (Å²) in [5, 5.41) is 6.34. The fraction of sp³-hybridized carbons (Fsp3) is 0.364. The van der Waals surface area contributed by atoms with E-state index in [4.69, 9.17) is 27.9 Å². The molecule has 0 radical (unpaired) electrons. The van der Waals surface area contributed by atoms with Gasteiger partial charge in [-0.2, -0.15) is 0 Å². The molecule has 1 aromatic rings. The lowest BCUT2D eigenvalue weighted by Crippen LogP contribution is -2.28. The van der Waals surface area contributed by atoms with Crippen LogP contribution < -0.4 is 10.6 Å². The zero-order valence-corrected chi connectivity index (χ0v) is 11.1. The van der Waals surface area contributed by atoms with E-state index in [1.54, 1.807) is 32.2 Å². The third-order valence-electron chi connectivity index (χ3n) is 1.96. The maximum Gasteiger partial charge on any atom is 0.411 e. The number of rotatable bonds is 4. The van der Waals surface area contributed by atoms with Gasteiger partial charge < -0.3 is 10.1 Å². The molecule has 1 rings (SSSR count). The van der Waals surface area contributed by atoms with E-state index in [0.717, 1.165) is 0 Å². The summed E-state index contributed by atoms with van der Waals surface area (Å²) in [4.78, 5) is 11.5. The molecule has 0 aliphatic carbocycles. The largest absolute Gasteiger partial charge is 0.445 e. The molecule has 1 unspecified atom stereocenters. The Morgan fingerprint density at radius 3 is 2.82 bits per heavy atom. The summed E-state index contributed by atoms with van der Waals surface area (Å²) in [5.41, 5.74) is 0.431. The van der Waals surface area contributed by atoms with Crippen molar-refractivity contribution in [1.29, 1.82) is 0 Å². The van der Waals surface area contributed by atoms with Gasteiger partial charge in [-0.3, -0.25) is 5.32 Å². The van der Waals surface area contributed by atoms with Gasteiger partial charge in [0.05, 0.1) is 10.7 Å². The molecule has 6 heteroatoms. The van der Waals surface area contributed by atoms with Crippen LogP contribution in [0.5, 0.6) is 0 Å². The van der Waals surface area contributed by atoms with Crippen molar-refractivity contribution in [2.24, 2.45) is 0 Å². The van der Waals surface area contributed by atoms with Gasteiger partial charge in [-0.05, 0) is 32.2 Å². The van der Waals surface area contributed by atoms with Crippen LogP contribution in [0.15, 0.2) is 18.2 Å². The Morgan fingerprint density at radius 2 is 2.18 bits per heavy atom. The topological polar surface area (TPSA) is 50.4 Å². The zero-order chi connectivity index (χ0) is 12.8. The average Bonchev–Trinajstić information content (AvgIpc) is 2.23. The molecule has 4 nitrogen and oxygen atoms in total. The van der Waals surface area contributed by atoms with Crippen molar-refractivity contribution in [1.82, 2.24) is 5.32 Å². The number of carbonyl (C=O) groups excluding carboxylic acids is 1. The number of halogens is 2. The van der Waals surface area contributed by atoms with Crippen LogP contribution in [0.25, 0.3) is 0 Å². The van der Waals surface area contributed by atoms with Gasteiger partial charge in [-0.25, -0.2) is 4.79 Å². The van der Waals surface area contributed by atoms with Crippen LogP contribution in [0.1, 0.15) is 6.92 Å². The molecule has 0 saturated carbocycles. The number of ether oxygens (including phenoxy) is 1. The van der Waals surface area contributed by atoms with E-state index in [1.807, 2.05) is 0 Å². The molecule has 1 amide bonds. The van der Waals surface area contributed by atoms with Gasteiger partial charge in [0.2, 0.25) is 0 Å². The minimum atomic E-state index is -0.558. The molecule has 0 saturated heterocycles. The van der Waals surface area contributed by atoms with Gasteiger partial charge in [-0.1, -0.05) is 23.2 Å². The minimum Gasteiger partial charge on any atom is -0.445 e. The van der Waals surface area contributed by atoms with Crippen molar-refractivity contribution >= 4 is 35.0 Å². The molecule has 94 valence electrons. The lowest BCUT2D eigenvalue weighted by Gasteiger charge is -2.14. The number of amides is 1. The predicted molar refractivity (Wildman–Crippen MR) is 70.0 cm³/mol. The Morgan fingerprint density at radius 1 is 1.47 bits per heavy atom. The number of hydrogen-bond donors (Lipinski definition) is 2. The molecule has 0 bridgehead atoms. The van der Waals surface area contributed by atoms with Crippen molar-refractivity contribution in [3.8, 4) is 0 Å². The number of benzene rings is 1. The quantitative estimate of drug-likeness (QED) is 0.888. The van der Waals surface area contributed by atoms with E-state index in [9.17, 15) is 4.79 Å². The third kappa shape index (κ3) is 4.81. The second kappa shape index (κ2) is 6.69. The Labute approximate surface area is 110 Å². The summed E-state index contributed by atoms with van der Waals surface area (Å²) >= 11 is 11.7. The fourth-order valence-corrected chi connectivity index (χ4v) is 1.58. The fourth-order valence-electron chi connectivity index (χ4n) is 1.24. The summed E-state index contributed by atoms with van der Waals surface area (Å²) in [7, 11) is 1.78. The number of anilines is 1. The van der Waals surface area contributed by atoms with Crippen LogP contribution in [0.2, 0.25) is 10.0 Å². The highest BCUT2D eigenvalue weighted by molar-refractivity contribution is 6.35. The molecule has 0 aromatic heterocycles. The van der Waals surface area contributed by atoms with Gasteiger partial charge in [-0.15, -0.1) is 0 Å². The van der Waals surface area contributed by atoms with Crippen molar-refractivity contribution in [2.75, 3.05) is 18.9 Å². The molecule has 2 N–H and O–H groups in total. The van der Waals surface area contributed by atoms with E-state index >= 15 is 0 Å². The van der Waals surface area contributed by atoms with E-state index in [2.05, 4.69) is 10.6 Å². The second-order valence-corrected chi connectivity index (χ2v) is 4.37.